The van der Waals surface area contributed by atoms with Gasteiger partial charge in [-0.05, 0) is 12.5 Å². The monoisotopic (exact) mass is 259 g/mol. The molecule has 5 heteroatoms. The third-order valence-electron chi connectivity index (χ3n) is 2.88. The summed E-state index contributed by atoms with van der Waals surface area (Å²) >= 11 is 0. The van der Waals surface area contributed by atoms with E-state index in [1.165, 1.54) is 0 Å². The second-order valence-electron chi connectivity index (χ2n) is 4.48. The molecule has 0 amide bonds. The molecule has 0 radical (unpaired) electrons. The lowest BCUT2D eigenvalue weighted by molar-refractivity contribution is -0.137. The first-order valence-electron chi connectivity index (χ1n) is 6.39. The van der Waals surface area contributed by atoms with Crippen LogP contribution in [0.15, 0.2) is 30.5 Å². The van der Waals surface area contributed by atoms with Gasteiger partial charge in [0.25, 0.3) is 0 Å². The number of rotatable bonds is 6. The third kappa shape index (κ3) is 3.64. The van der Waals surface area contributed by atoms with Crippen molar-refractivity contribution in [2.24, 2.45) is 0 Å². The third-order valence-corrected chi connectivity index (χ3v) is 2.88. The number of aliphatic carboxylic acids is 1. The fraction of sp³-hybridized carbons (Fsp3) is 0.357. The minimum Gasteiger partial charge on any atom is -0.481 e. The number of carboxylic acids is 1. The van der Waals surface area contributed by atoms with Crippen molar-refractivity contribution < 1.29 is 9.90 Å². The van der Waals surface area contributed by atoms with Crippen LogP contribution in [0.3, 0.4) is 0 Å². The van der Waals surface area contributed by atoms with E-state index in [-0.39, 0.29) is 12.5 Å². The van der Waals surface area contributed by atoms with Crippen LogP contribution in [0, 0.1) is 0 Å². The second-order valence-corrected chi connectivity index (χ2v) is 4.48. The molecule has 1 aromatic heterocycles. The summed E-state index contributed by atoms with van der Waals surface area (Å²) in [6.07, 6.45) is 3.51. The summed E-state index contributed by atoms with van der Waals surface area (Å²) in [6.45, 7) is 2.03. The fourth-order valence-corrected chi connectivity index (χ4v) is 2.01. The number of carboxylic acid groups (broad SMARTS) is 1. The van der Waals surface area contributed by atoms with Crippen LogP contribution in [0.4, 0.5) is 5.95 Å². The summed E-state index contributed by atoms with van der Waals surface area (Å²) in [7, 11) is 0. The average molecular weight is 259 g/mol. The van der Waals surface area contributed by atoms with Gasteiger partial charge in [0.15, 0.2) is 0 Å². The molecule has 5 nitrogen and oxygen atoms in total. The summed E-state index contributed by atoms with van der Waals surface area (Å²) in [5.41, 5.74) is 0.852. The second kappa shape index (κ2) is 6.13. The van der Waals surface area contributed by atoms with Crippen LogP contribution in [0.25, 0.3) is 10.9 Å². The normalized spacial score (nSPS) is 12.3. The lowest BCUT2D eigenvalue weighted by Crippen LogP contribution is -2.24. The standard InChI is InChI=1S/C14H17N3O2/c1-2-5-11(8-13(18)19)16-14-15-9-10-6-3-4-7-12(10)17-14/h3-4,6-7,9,11H,2,5,8H2,1H3,(H,18,19)(H,15,16,17). The van der Waals surface area contributed by atoms with Crippen molar-refractivity contribution in [3.63, 3.8) is 0 Å². The molecule has 0 aliphatic carbocycles. The summed E-state index contributed by atoms with van der Waals surface area (Å²) in [5, 5.41) is 13.0. The highest BCUT2D eigenvalue weighted by atomic mass is 16.4. The number of anilines is 1. The number of nitrogens with zero attached hydrogens (tertiary/aromatic N) is 2. The number of benzene rings is 1. The minimum atomic E-state index is -0.813. The van der Waals surface area contributed by atoms with E-state index in [1.54, 1.807) is 6.20 Å². The van der Waals surface area contributed by atoms with Gasteiger partial charge in [0.05, 0.1) is 11.9 Å². The van der Waals surface area contributed by atoms with E-state index in [1.807, 2.05) is 31.2 Å². The number of fused-ring (bicyclic) bond motifs is 1. The van der Waals surface area contributed by atoms with Crippen molar-refractivity contribution in [2.45, 2.75) is 32.2 Å². The zero-order valence-electron chi connectivity index (χ0n) is 10.8. The van der Waals surface area contributed by atoms with Crippen LogP contribution in [-0.2, 0) is 4.79 Å². The van der Waals surface area contributed by atoms with Crippen molar-refractivity contribution >= 4 is 22.8 Å². The predicted molar refractivity (Wildman–Crippen MR) is 74.1 cm³/mol. The van der Waals surface area contributed by atoms with Gasteiger partial charge in [0, 0.05) is 17.6 Å². The van der Waals surface area contributed by atoms with E-state index in [0.717, 1.165) is 23.7 Å². The van der Waals surface area contributed by atoms with Crippen molar-refractivity contribution in [2.75, 3.05) is 5.32 Å². The number of carbonyl (C=O) groups is 1. The van der Waals surface area contributed by atoms with Crippen molar-refractivity contribution in [3.05, 3.63) is 30.5 Å². The molecular formula is C14H17N3O2. The molecule has 100 valence electrons. The molecule has 2 rings (SSSR count). The van der Waals surface area contributed by atoms with Crippen LogP contribution in [0.2, 0.25) is 0 Å². The van der Waals surface area contributed by atoms with Gasteiger partial charge in [-0.2, -0.15) is 0 Å². The molecule has 1 heterocycles. The lowest BCUT2D eigenvalue weighted by atomic mass is 10.1. The Morgan fingerprint density at radius 3 is 2.95 bits per heavy atom. The van der Waals surface area contributed by atoms with Gasteiger partial charge < -0.3 is 10.4 Å². The largest absolute Gasteiger partial charge is 0.481 e. The summed E-state index contributed by atoms with van der Waals surface area (Å²) < 4.78 is 0. The highest BCUT2D eigenvalue weighted by Crippen LogP contribution is 2.14. The average Bonchev–Trinajstić information content (AvgIpc) is 2.38. The zero-order valence-corrected chi connectivity index (χ0v) is 10.8. The Labute approximate surface area is 111 Å². The number of nitrogens with one attached hydrogen (secondary N) is 1. The van der Waals surface area contributed by atoms with Crippen molar-refractivity contribution in [1.29, 1.82) is 0 Å². The van der Waals surface area contributed by atoms with E-state index in [0.29, 0.717) is 5.95 Å². The molecule has 1 aromatic carbocycles. The number of aromatic nitrogens is 2. The van der Waals surface area contributed by atoms with Crippen LogP contribution >= 0.6 is 0 Å². The topological polar surface area (TPSA) is 75.1 Å². The van der Waals surface area contributed by atoms with Crippen LogP contribution in [0.1, 0.15) is 26.2 Å². The van der Waals surface area contributed by atoms with Gasteiger partial charge in [-0.25, -0.2) is 9.97 Å². The smallest absolute Gasteiger partial charge is 0.305 e. The predicted octanol–water partition coefficient (Wildman–Crippen LogP) is 2.69. The molecule has 0 saturated carbocycles. The van der Waals surface area contributed by atoms with Gasteiger partial charge in [-0.3, -0.25) is 4.79 Å². The van der Waals surface area contributed by atoms with Crippen molar-refractivity contribution in [3.8, 4) is 0 Å². The first-order chi connectivity index (χ1) is 9.19. The van der Waals surface area contributed by atoms with E-state index >= 15 is 0 Å². The summed E-state index contributed by atoms with van der Waals surface area (Å²) in [4.78, 5) is 19.4. The summed E-state index contributed by atoms with van der Waals surface area (Å²) in [6, 6.07) is 7.57. The molecule has 0 aliphatic rings. The first-order valence-corrected chi connectivity index (χ1v) is 6.39. The van der Waals surface area contributed by atoms with Crippen LogP contribution in [0.5, 0.6) is 0 Å². The van der Waals surface area contributed by atoms with Crippen LogP contribution < -0.4 is 5.32 Å². The lowest BCUT2D eigenvalue weighted by Gasteiger charge is -2.15. The number of hydrogen-bond donors (Lipinski definition) is 2. The molecule has 0 bridgehead atoms. The minimum absolute atomic E-state index is 0.0734. The van der Waals surface area contributed by atoms with Gasteiger partial charge in [0.2, 0.25) is 5.95 Å². The Morgan fingerprint density at radius 2 is 2.21 bits per heavy atom. The first kappa shape index (κ1) is 13.3. The Kier molecular flexibility index (Phi) is 4.28. The Morgan fingerprint density at radius 1 is 1.42 bits per heavy atom. The molecule has 1 atom stereocenters. The highest BCUT2D eigenvalue weighted by molar-refractivity contribution is 5.78. The highest BCUT2D eigenvalue weighted by Gasteiger charge is 2.13. The maximum absolute atomic E-state index is 10.8. The van der Waals surface area contributed by atoms with E-state index in [9.17, 15) is 4.79 Å². The quantitative estimate of drug-likeness (QED) is 0.834. The summed E-state index contributed by atoms with van der Waals surface area (Å²) in [5.74, 6) is -0.329. The Balaban J connectivity index is 2.16. The Hall–Kier alpha value is -2.17. The van der Waals surface area contributed by atoms with E-state index in [4.69, 9.17) is 5.11 Å². The molecule has 2 N–H and O–H groups in total. The Bertz CT molecular complexity index is 571. The van der Waals surface area contributed by atoms with Crippen LogP contribution in [-0.4, -0.2) is 27.1 Å². The van der Waals surface area contributed by atoms with Gasteiger partial charge >= 0.3 is 5.97 Å². The SMILES string of the molecule is CCCC(CC(=O)O)Nc1ncc2ccccc2n1. The zero-order chi connectivity index (χ0) is 13.7. The number of para-hydroxylation sites is 1. The maximum Gasteiger partial charge on any atom is 0.305 e. The molecule has 0 spiro atoms. The molecule has 19 heavy (non-hydrogen) atoms. The van der Waals surface area contributed by atoms with E-state index in [2.05, 4.69) is 15.3 Å². The molecular weight excluding hydrogens is 242 g/mol. The van der Waals surface area contributed by atoms with E-state index < -0.39 is 5.97 Å². The van der Waals surface area contributed by atoms with Gasteiger partial charge in [-0.1, -0.05) is 31.5 Å². The molecule has 1 unspecified atom stereocenters. The molecule has 0 saturated heterocycles. The fourth-order valence-electron chi connectivity index (χ4n) is 2.01. The molecule has 0 aliphatic heterocycles. The molecule has 0 fully saturated rings. The van der Waals surface area contributed by atoms with Gasteiger partial charge in [-0.15, -0.1) is 0 Å². The molecule has 2 aromatic rings. The van der Waals surface area contributed by atoms with Crippen molar-refractivity contribution in [1.82, 2.24) is 9.97 Å². The maximum atomic E-state index is 10.8. The van der Waals surface area contributed by atoms with Gasteiger partial charge in [0.1, 0.15) is 0 Å². The number of hydrogen-bond acceptors (Lipinski definition) is 4.